The molecule has 2 heterocycles. The Labute approximate surface area is 73.0 Å². The summed E-state index contributed by atoms with van der Waals surface area (Å²) in [6.45, 7) is 4.37. The molecule has 0 saturated carbocycles. The Kier molecular flexibility index (Phi) is 2.09. The second-order valence-corrected chi connectivity index (χ2v) is 3.40. The Bertz CT molecular complexity index is 264. The number of nitrogens with zero attached hydrogens (tertiary/aromatic N) is 1. The van der Waals surface area contributed by atoms with Crippen LogP contribution in [0.1, 0.15) is 23.6 Å². The van der Waals surface area contributed by atoms with Gasteiger partial charge >= 0.3 is 0 Å². The summed E-state index contributed by atoms with van der Waals surface area (Å²) in [7, 11) is 0. The minimum Gasteiger partial charge on any atom is -0.316 e. The van der Waals surface area contributed by atoms with E-state index in [2.05, 4.69) is 23.3 Å². The highest BCUT2D eigenvalue weighted by molar-refractivity contribution is 5.22. The summed E-state index contributed by atoms with van der Waals surface area (Å²) in [5, 5.41) is 3.36. The fourth-order valence-corrected chi connectivity index (χ4v) is 1.81. The summed E-state index contributed by atoms with van der Waals surface area (Å²) < 4.78 is 0. The van der Waals surface area contributed by atoms with Crippen molar-refractivity contribution in [3.63, 3.8) is 0 Å². The normalized spacial score (nSPS) is 22.9. The fourth-order valence-electron chi connectivity index (χ4n) is 1.81. The van der Waals surface area contributed by atoms with Crippen LogP contribution in [0, 0.1) is 6.92 Å². The van der Waals surface area contributed by atoms with Crippen LogP contribution < -0.4 is 5.32 Å². The summed E-state index contributed by atoms with van der Waals surface area (Å²) in [4.78, 5) is 4.42. The van der Waals surface area contributed by atoms with E-state index < -0.39 is 0 Å². The summed E-state index contributed by atoms with van der Waals surface area (Å²) in [5.74, 6) is 0.645. The lowest BCUT2D eigenvalue weighted by Gasteiger charge is -2.09. The minimum absolute atomic E-state index is 0.645. The van der Waals surface area contributed by atoms with E-state index in [1.165, 1.54) is 17.7 Å². The molecule has 0 aliphatic carbocycles. The molecule has 0 radical (unpaired) electrons. The van der Waals surface area contributed by atoms with Crippen LogP contribution in [-0.2, 0) is 0 Å². The van der Waals surface area contributed by atoms with Crippen LogP contribution in [0.3, 0.4) is 0 Å². The molecule has 0 aromatic carbocycles. The van der Waals surface area contributed by atoms with Gasteiger partial charge in [-0.05, 0) is 31.5 Å². The first-order chi connectivity index (χ1) is 5.88. The van der Waals surface area contributed by atoms with Gasteiger partial charge in [0.15, 0.2) is 0 Å². The average molecular weight is 162 g/mol. The van der Waals surface area contributed by atoms with E-state index in [4.69, 9.17) is 0 Å². The van der Waals surface area contributed by atoms with Gasteiger partial charge in [-0.1, -0.05) is 6.07 Å². The van der Waals surface area contributed by atoms with Crippen molar-refractivity contribution >= 4 is 0 Å². The molecule has 1 aromatic heterocycles. The Balaban J connectivity index is 2.26. The third kappa shape index (κ3) is 1.34. The van der Waals surface area contributed by atoms with E-state index in [1.54, 1.807) is 0 Å². The smallest absolute Gasteiger partial charge is 0.0476 e. The highest BCUT2D eigenvalue weighted by Gasteiger charge is 2.18. The zero-order chi connectivity index (χ0) is 8.39. The van der Waals surface area contributed by atoms with E-state index in [9.17, 15) is 0 Å². The maximum atomic E-state index is 4.42. The highest BCUT2D eigenvalue weighted by atomic mass is 14.9. The molecular weight excluding hydrogens is 148 g/mol. The predicted octanol–water partition coefficient (Wildman–Crippen LogP) is 1.47. The first-order valence-electron chi connectivity index (χ1n) is 4.50. The topological polar surface area (TPSA) is 24.9 Å². The van der Waals surface area contributed by atoms with Gasteiger partial charge in [-0.15, -0.1) is 0 Å². The van der Waals surface area contributed by atoms with Gasteiger partial charge in [-0.2, -0.15) is 0 Å². The number of nitrogens with one attached hydrogen (secondary N) is 1. The fraction of sp³-hybridized carbons (Fsp3) is 0.500. The molecule has 1 aliphatic heterocycles. The lowest BCUT2D eigenvalue weighted by atomic mass is 10.0. The number of aryl methyl sites for hydroxylation is 1. The second kappa shape index (κ2) is 3.23. The van der Waals surface area contributed by atoms with Crippen LogP contribution in [0.4, 0.5) is 0 Å². The van der Waals surface area contributed by atoms with Gasteiger partial charge < -0.3 is 5.32 Å². The molecule has 0 bridgehead atoms. The van der Waals surface area contributed by atoms with Crippen molar-refractivity contribution in [2.45, 2.75) is 19.3 Å². The number of hydrogen-bond donors (Lipinski definition) is 1. The Morgan fingerprint density at radius 2 is 2.50 bits per heavy atom. The van der Waals surface area contributed by atoms with Gasteiger partial charge in [-0.3, -0.25) is 4.98 Å². The molecular formula is C10H14N2. The first kappa shape index (κ1) is 7.74. The Morgan fingerprint density at radius 3 is 3.17 bits per heavy atom. The van der Waals surface area contributed by atoms with Crippen LogP contribution in [0.2, 0.25) is 0 Å². The van der Waals surface area contributed by atoms with Gasteiger partial charge in [0.25, 0.3) is 0 Å². The Hall–Kier alpha value is -0.890. The van der Waals surface area contributed by atoms with Gasteiger partial charge in [0.1, 0.15) is 0 Å². The molecule has 0 amide bonds. The molecule has 1 N–H and O–H groups in total. The summed E-state index contributed by atoms with van der Waals surface area (Å²) in [6.07, 6.45) is 3.12. The van der Waals surface area contributed by atoms with Crippen LogP contribution in [-0.4, -0.2) is 18.1 Å². The molecule has 2 heteroatoms. The average Bonchev–Trinajstić information content (AvgIpc) is 2.57. The van der Waals surface area contributed by atoms with Crippen LogP contribution in [0.5, 0.6) is 0 Å². The molecule has 1 fully saturated rings. The monoisotopic (exact) mass is 162 g/mol. The second-order valence-electron chi connectivity index (χ2n) is 3.40. The largest absolute Gasteiger partial charge is 0.316 e. The standard InChI is InChI=1S/C10H14N2/c1-8-3-2-5-12-10(8)9-4-6-11-7-9/h2-3,5,9,11H,4,6-7H2,1H3/t9-/m1/s1. The molecule has 1 atom stereocenters. The van der Waals surface area contributed by atoms with Gasteiger partial charge in [-0.25, -0.2) is 0 Å². The van der Waals surface area contributed by atoms with Crippen molar-refractivity contribution in [1.29, 1.82) is 0 Å². The summed E-state index contributed by atoms with van der Waals surface area (Å²) in [6, 6.07) is 4.14. The van der Waals surface area contributed by atoms with Crippen molar-refractivity contribution in [3.8, 4) is 0 Å². The van der Waals surface area contributed by atoms with Crippen LogP contribution in [0.25, 0.3) is 0 Å². The maximum absolute atomic E-state index is 4.42. The summed E-state index contributed by atoms with van der Waals surface area (Å²) in [5.41, 5.74) is 2.61. The lowest BCUT2D eigenvalue weighted by molar-refractivity contribution is 0.728. The molecule has 2 nitrogen and oxygen atoms in total. The third-order valence-corrected chi connectivity index (χ3v) is 2.50. The van der Waals surface area contributed by atoms with E-state index >= 15 is 0 Å². The molecule has 64 valence electrons. The molecule has 1 aliphatic rings. The first-order valence-corrected chi connectivity index (χ1v) is 4.50. The molecule has 1 aromatic rings. The van der Waals surface area contributed by atoms with Crippen LogP contribution in [0.15, 0.2) is 18.3 Å². The van der Waals surface area contributed by atoms with Crippen molar-refractivity contribution < 1.29 is 0 Å². The van der Waals surface area contributed by atoms with Crippen molar-refractivity contribution in [2.75, 3.05) is 13.1 Å². The van der Waals surface area contributed by atoms with Crippen LogP contribution >= 0.6 is 0 Å². The molecule has 12 heavy (non-hydrogen) atoms. The zero-order valence-electron chi connectivity index (χ0n) is 7.38. The van der Waals surface area contributed by atoms with E-state index in [1.807, 2.05) is 12.3 Å². The molecule has 2 rings (SSSR count). The van der Waals surface area contributed by atoms with E-state index in [0.29, 0.717) is 5.92 Å². The zero-order valence-corrected chi connectivity index (χ0v) is 7.38. The number of hydrogen-bond acceptors (Lipinski definition) is 2. The Morgan fingerprint density at radius 1 is 1.58 bits per heavy atom. The van der Waals surface area contributed by atoms with E-state index in [-0.39, 0.29) is 0 Å². The number of rotatable bonds is 1. The summed E-state index contributed by atoms with van der Waals surface area (Å²) >= 11 is 0. The number of aromatic nitrogens is 1. The van der Waals surface area contributed by atoms with Crippen molar-refractivity contribution in [2.24, 2.45) is 0 Å². The molecule has 0 unspecified atom stereocenters. The predicted molar refractivity (Wildman–Crippen MR) is 49.2 cm³/mol. The molecule has 0 spiro atoms. The third-order valence-electron chi connectivity index (χ3n) is 2.50. The quantitative estimate of drug-likeness (QED) is 0.676. The van der Waals surface area contributed by atoms with Gasteiger partial charge in [0.2, 0.25) is 0 Å². The lowest BCUT2D eigenvalue weighted by Crippen LogP contribution is -2.09. The number of pyridine rings is 1. The van der Waals surface area contributed by atoms with Crippen molar-refractivity contribution in [1.82, 2.24) is 10.3 Å². The van der Waals surface area contributed by atoms with Crippen molar-refractivity contribution in [3.05, 3.63) is 29.6 Å². The van der Waals surface area contributed by atoms with Gasteiger partial charge in [0, 0.05) is 24.4 Å². The SMILES string of the molecule is Cc1cccnc1[C@@H]1CCNC1. The molecule has 1 saturated heterocycles. The minimum atomic E-state index is 0.645. The highest BCUT2D eigenvalue weighted by Crippen LogP contribution is 2.22. The van der Waals surface area contributed by atoms with E-state index in [0.717, 1.165) is 13.1 Å². The van der Waals surface area contributed by atoms with Gasteiger partial charge in [0.05, 0.1) is 0 Å². The maximum Gasteiger partial charge on any atom is 0.0476 e.